The van der Waals surface area contributed by atoms with Crippen molar-refractivity contribution in [3.05, 3.63) is 64.7 Å². The quantitative estimate of drug-likeness (QED) is 0.670. The maximum Gasteiger partial charge on any atom is 0.272 e. The zero-order valence-corrected chi connectivity index (χ0v) is 12.0. The van der Waals surface area contributed by atoms with Gasteiger partial charge in [-0.3, -0.25) is 4.79 Å². The van der Waals surface area contributed by atoms with Gasteiger partial charge in [-0.1, -0.05) is 24.3 Å². The summed E-state index contributed by atoms with van der Waals surface area (Å²) in [6.07, 6.45) is 4.48. The number of aromatic nitrogens is 2. The topological polar surface area (TPSA) is 69.5 Å². The van der Waals surface area contributed by atoms with Crippen LogP contribution in [0.3, 0.4) is 0 Å². The monoisotopic (exact) mass is 295 g/mol. The smallest absolute Gasteiger partial charge is 0.272 e. The molecule has 22 heavy (non-hydrogen) atoms. The van der Waals surface area contributed by atoms with Gasteiger partial charge in [-0.25, -0.2) is 0 Å². The van der Waals surface area contributed by atoms with Crippen molar-refractivity contribution in [3.8, 4) is 11.3 Å². The maximum absolute atomic E-state index is 12.0. The Labute approximate surface area is 127 Å². The van der Waals surface area contributed by atoms with E-state index in [1.165, 1.54) is 0 Å². The molecule has 1 fully saturated rings. The summed E-state index contributed by atoms with van der Waals surface area (Å²) >= 11 is 0. The average Bonchev–Trinajstić information content (AvgIpc) is 3.17. The first-order valence-corrected chi connectivity index (χ1v) is 7.40. The summed E-state index contributed by atoms with van der Waals surface area (Å²) in [5.41, 5.74) is 2.33. The molecule has 0 amide bonds. The summed E-state index contributed by atoms with van der Waals surface area (Å²) in [5, 5.41) is 13.7. The molecule has 3 N–H and O–H groups in total. The Balaban J connectivity index is 1.74. The van der Waals surface area contributed by atoms with Gasteiger partial charge in [-0.15, -0.1) is 0 Å². The molecule has 0 aliphatic carbocycles. The minimum atomic E-state index is -0.781. The lowest BCUT2D eigenvalue weighted by Gasteiger charge is -2.22. The van der Waals surface area contributed by atoms with Crippen molar-refractivity contribution in [1.29, 1.82) is 0 Å². The SMILES string of the molecule is O=c1[nH]c(-c2ccc(C3(O)CCNC3)cc2)cn2cccc12. The molecule has 3 aromatic rings. The van der Waals surface area contributed by atoms with Crippen LogP contribution in [0.2, 0.25) is 0 Å². The number of aromatic amines is 1. The van der Waals surface area contributed by atoms with E-state index in [2.05, 4.69) is 10.3 Å². The van der Waals surface area contributed by atoms with Gasteiger partial charge in [0.1, 0.15) is 11.1 Å². The summed E-state index contributed by atoms with van der Waals surface area (Å²) in [6.45, 7) is 1.41. The van der Waals surface area contributed by atoms with Crippen molar-refractivity contribution in [2.45, 2.75) is 12.0 Å². The first-order chi connectivity index (χ1) is 10.7. The highest BCUT2D eigenvalue weighted by atomic mass is 16.3. The zero-order chi connectivity index (χ0) is 15.2. The Morgan fingerprint density at radius 3 is 2.73 bits per heavy atom. The molecule has 1 saturated heterocycles. The van der Waals surface area contributed by atoms with E-state index in [0.717, 1.165) is 29.8 Å². The van der Waals surface area contributed by atoms with E-state index in [4.69, 9.17) is 0 Å². The number of hydrogen-bond acceptors (Lipinski definition) is 3. The number of aliphatic hydroxyl groups is 1. The van der Waals surface area contributed by atoms with Crippen LogP contribution in [0.5, 0.6) is 0 Å². The molecule has 5 nitrogen and oxygen atoms in total. The molecular formula is C17H17N3O2. The molecule has 0 radical (unpaired) electrons. The fourth-order valence-electron chi connectivity index (χ4n) is 3.09. The number of fused-ring (bicyclic) bond motifs is 1. The standard InChI is InChI=1S/C17H17N3O2/c21-16-15-2-1-9-20(15)10-14(19-16)12-3-5-13(6-4-12)17(22)7-8-18-11-17/h1-6,9-10,18,22H,7-8,11H2,(H,19,21). The Morgan fingerprint density at radius 1 is 1.18 bits per heavy atom. The number of rotatable bonds is 2. The van der Waals surface area contributed by atoms with Crippen molar-refractivity contribution in [3.63, 3.8) is 0 Å². The van der Waals surface area contributed by atoms with E-state index >= 15 is 0 Å². The molecule has 3 heterocycles. The fourth-order valence-corrected chi connectivity index (χ4v) is 3.09. The van der Waals surface area contributed by atoms with E-state index in [0.29, 0.717) is 12.1 Å². The number of benzene rings is 1. The van der Waals surface area contributed by atoms with Crippen molar-refractivity contribution in [2.75, 3.05) is 13.1 Å². The van der Waals surface area contributed by atoms with Gasteiger partial charge >= 0.3 is 0 Å². The predicted molar refractivity (Wildman–Crippen MR) is 84.8 cm³/mol. The molecule has 1 aromatic carbocycles. The third-order valence-electron chi connectivity index (χ3n) is 4.39. The minimum absolute atomic E-state index is 0.106. The molecule has 1 atom stereocenters. The second-order valence-electron chi connectivity index (χ2n) is 5.83. The van der Waals surface area contributed by atoms with Gasteiger partial charge in [0.05, 0.1) is 5.69 Å². The summed E-state index contributed by atoms with van der Waals surface area (Å²) in [4.78, 5) is 14.9. The van der Waals surface area contributed by atoms with Crippen LogP contribution in [0.25, 0.3) is 16.8 Å². The van der Waals surface area contributed by atoms with Gasteiger partial charge in [0, 0.05) is 18.9 Å². The lowest BCUT2D eigenvalue weighted by molar-refractivity contribution is 0.0588. The second kappa shape index (κ2) is 4.83. The molecule has 5 heteroatoms. The molecule has 1 unspecified atom stereocenters. The first-order valence-electron chi connectivity index (χ1n) is 7.40. The van der Waals surface area contributed by atoms with Crippen LogP contribution in [-0.2, 0) is 5.60 Å². The second-order valence-corrected chi connectivity index (χ2v) is 5.83. The zero-order valence-electron chi connectivity index (χ0n) is 12.0. The van der Waals surface area contributed by atoms with Gasteiger partial charge in [-0.2, -0.15) is 0 Å². The molecule has 4 rings (SSSR count). The van der Waals surface area contributed by atoms with Crippen LogP contribution >= 0.6 is 0 Å². The molecule has 112 valence electrons. The summed E-state index contributed by atoms with van der Waals surface area (Å²) < 4.78 is 1.82. The predicted octanol–water partition coefficient (Wildman–Crippen LogP) is 1.48. The van der Waals surface area contributed by atoms with Crippen LogP contribution in [0, 0.1) is 0 Å². The van der Waals surface area contributed by atoms with Gasteiger partial charge in [0.15, 0.2) is 0 Å². The Morgan fingerprint density at radius 2 is 2.00 bits per heavy atom. The summed E-state index contributed by atoms with van der Waals surface area (Å²) in [6, 6.07) is 11.4. The Hall–Kier alpha value is -2.37. The highest BCUT2D eigenvalue weighted by Gasteiger charge is 2.32. The Kier molecular flexibility index (Phi) is 2.92. The number of nitrogens with zero attached hydrogens (tertiary/aromatic N) is 1. The minimum Gasteiger partial charge on any atom is -0.384 e. The number of β-amino-alcohol motifs (C(OH)–C–C–N with tert-alkyl or cyclic N) is 1. The van der Waals surface area contributed by atoms with Crippen LogP contribution in [0.4, 0.5) is 0 Å². The van der Waals surface area contributed by atoms with E-state index in [9.17, 15) is 9.90 Å². The highest BCUT2D eigenvalue weighted by molar-refractivity contribution is 5.61. The van der Waals surface area contributed by atoms with Crippen LogP contribution in [0.1, 0.15) is 12.0 Å². The third-order valence-corrected chi connectivity index (χ3v) is 4.39. The lowest BCUT2D eigenvalue weighted by atomic mass is 9.92. The molecule has 0 spiro atoms. The largest absolute Gasteiger partial charge is 0.384 e. The van der Waals surface area contributed by atoms with E-state index in [1.54, 1.807) is 6.07 Å². The van der Waals surface area contributed by atoms with Gasteiger partial charge in [-0.05, 0) is 36.2 Å². The maximum atomic E-state index is 12.0. The summed E-state index contributed by atoms with van der Waals surface area (Å²) in [5.74, 6) is 0. The molecule has 1 aliphatic heterocycles. The van der Waals surface area contributed by atoms with Gasteiger partial charge < -0.3 is 19.8 Å². The van der Waals surface area contributed by atoms with Crippen molar-refractivity contribution in [1.82, 2.24) is 14.7 Å². The normalized spacial score (nSPS) is 21.5. The van der Waals surface area contributed by atoms with Crippen molar-refractivity contribution < 1.29 is 5.11 Å². The molecule has 1 aliphatic rings. The lowest BCUT2D eigenvalue weighted by Crippen LogP contribution is -2.28. The molecule has 2 aromatic heterocycles. The van der Waals surface area contributed by atoms with E-state index in [-0.39, 0.29) is 5.56 Å². The third kappa shape index (κ3) is 2.06. The molecule has 0 saturated carbocycles. The fraction of sp³-hybridized carbons (Fsp3) is 0.235. The van der Waals surface area contributed by atoms with Gasteiger partial charge in [0.2, 0.25) is 0 Å². The van der Waals surface area contributed by atoms with Crippen LogP contribution in [-0.4, -0.2) is 27.6 Å². The van der Waals surface area contributed by atoms with Crippen LogP contribution in [0.15, 0.2) is 53.6 Å². The molecule has 0 bridgehead atoms. The summed E-state index contributed by atoms with van der Waals surface area (Å²) in [7, 11) is 0. The van der Waals surface area contributed by atoms with Crippen molar-refractivity contribution in [2.24, 2.45) is 0 Å². The van der Waals surface area contributed by atoms with Crippen molar-refractivity contribution >= 4 is 5.52 Å². The molecular weight excluding hydrogens is 278 g/mol. The number of nitrogens with one attached hydrogen (secondary N) is 2. The van der Waals surface area contributed by atoms with E-state index < -0.39 is 5.60 Å². The highest BCUT2D eigenvalue weighted by Crippen LogP contribution is 2.29. The average molecular weight is 295 g/mol. The first kappa shape index (κ1) is 13.3. The van der Waals surface area contributed by atoms with Crippen LogP contribution < -0.4 is 10.9 Å². The Bertz CT molecular complexity index is 871. The number of hydrogen-bond donors (Lipinski definition) is 3. The van der Waals surface area contributed by atoms with Gasteiger partial charge in [0.25, 0.3) is 5.56 Å². The van der Waals surface area contributed by atoms with E-state index in [1.807, 2.05) is 47.1 Å². The number of H-pyrrole nitrogens is 1.